The molecule has 6 heteroatoms. The standard InChI is InChI=1S/C22H25N5O/c1-15(27-11-10-23-14-27)13-24-22(28)18-7-5-6-17(12-18)21-25-16(2)19-8-3-4-9-20(19)26-21/h5-7,10-12,14-15H,3-4,8-9,13H2,1-2H3,(H,24,28)/t15-/m1/s1. The van der Waals surface area contributed by atoms with Gasteiger partial charge in [-0.05, 0) is 57.2 Å². The molecule has 28 heavy (non-hydrogen) atoms. The van der Waals surface area contributed by atoms with Crippen LogP contribution in [0.15, 0.2) is 43.0 Å². The summed E-state index contributed by atoms with van der Waals surface area (Å²) in [5.41, 5.74) is 5.03. The highest BCUT2D eigenvalue weighted by atomic mass is 16.1. The number of benzene rings is 1. The predicted molar refractivity (Wildman–Crippen MR) is 108 cm³/mol. The van der Waals surface area contributed by atoms with Crippen molar-refractivity contribution >= 4 is 5.91 Å². The Hall–Kier alpha value is -3.02. The van der Waals surface area contributed by atoms with Crippen molar-refractivity contribution in [3.8, 4) is 11.4 Å². The van der Waals surface area contributed by atoms with Gasteiger partial charge in [-0.25, -0.2) is 15.0 Å². The third kappa shape index (κ3) is 3.81. The van der Waals surface area contributed by atoms with Gasteiger partial charge in [-0.1, -0.05) is 12.1 Å². The van der Waals surface area contributed by atoms with Crippen LogP contribution in [0.1, 0.15) is 53.1 Å². The van der Waals surface area contributed by atoms with Crippen molar-refractivity contribution in [2.45, 2.75) is 45.6 Å². The lowest BCUT2D eigenvalue weighted by molar-refractivity contribution is 0.0948. The molecule has 2 aromatic heterocycles. The molecule has 0 unspecified atom stereocenters. The van der Waals surface area contributed by atoms with E-state index in [-0.39, 0.29) is 11.9 Å². The number of aryl methyl sites for hydroxylation is 2. The third-order valence-electron chi connectivity index (χ3n) is 5.36. The van der Waals surface area contributed by atoms with Gasteiger partial charge in [0.15, 0.2) is 5.82 Å². The number of rotatable bonds is 5. The first-order valence-electron chi connectivity index (χ1n) is 9.84. The predicted octanol–water partition coefficient (Wildman–Crippen LogP) is 3.52. The Morgan fingerprint density at radius 2 is 2.11 bits per heavy atom. The van der Waals surface area contributed by atoms with E-state index in [9.17, 15) is 4.79 Å². The molecule has 0 aliphatic heterocycles. The van der Waals surface area contributed by atoms with Crippen LogP contribution in [0, 0.1) is 6.92 Å². The monoisotopic (exact) mass is 375 g/mol. The number of aromatic nitrogens is 4. The van der Waals surface area contributed by atoms with Gasteiger partial charge >= 0.3 is 0 Å². The van der Waals surface area contributed by atoms with Crippen molar-refractivity contribution in [3.05, 3.63) is 65.5 Å². The van der Waals surface area contributed by atoms with Crippen LogP contribution in [0.5, 0.6) is 0 Å². The van der Waals surface area contributed by atoms with E-state index in [0.717, 1.165) is 29.8 Å². The van der Waals surface area contributed by atoms with Gasteiger partial charge in [0.1, 0.15) is 0 Å². The van der Waals surface area contributed by atoms with E-state index in [4.69, 9.17) is 9.97 Å². The van der Waals surface area contributed by atoms with Crippen molar-refractivity contribution in [1.29, 1.82) is 0 Å². The minimum absolute atomic E-state index is 0.0940. The van der Waals surface area contributed by atoms with Crippen molar-refractivity contribution in [2.75, 3.05) is 6.54 Å². The molecule has 0 fully saturated rings. The smallest absolute Gasteiger partial charge is 0.251 e. The van der Waals surface area contributed by atoms with Gasteiger partial charge in [-0.15, -0.1) is 0 Å². The zero-order valence-corrected chi connectivity index (χ0v) is 16.4. The van der Waals surface area contributed by atoms with E-state index in [1.54, 1.807) is 12.5 Å². The van der Waals surface area contributed by atoms with E-state index in [1.807, 2.05) is 42.0 Å². The van der Waals surface area contributed by atoms with E-state index in [0.29, 0.717) is 17.9 Å². The molecular weight excluding hydrogens is 350 g/mol. The quantitative estimate of drug-likeness (QED) is 0.741. The molecule has 0 bridgehead atoms. The molecule has 144 valence electrons. The maximum atomic E-state index is 12.6. The van der Waals surface area contributed by atoms with E-state index < -0.39 is 0 Å². The lowest BCUT2D eigenvalue weighted by Gasteiger charge is -2.18. The minimum atomic E-state index is -0.0940. The zero-order valence-electron chi connectivity index (χ0n) is 16.4. The highest BCUT2D eigenvalue weighted by molar-refractivity contribution is 5.95. The van der Waals surface area contributed by atoms with Crippen LogP contribution < -0.4 is 5.32 Å². The highest BCUT2D eigenvalue weighted by Crippen LogP contribution is 2.25. The summed E-state index contributed by atoms with van der Waals surface area (Å²) in [4.78, 5) is 26.2. The summed E-state index contributed by atoms with van der Waals surface area (Å²) < 4.78 is 1.97. The molecule has 1 amide bonds. The number of nitrogens with one attached hydrogen (secondary N) is 1. The summed E-state index contributed by atoms with van der Waals surface area (Å²) in [6.45, 7) is 4.64. The first-order valence-corrected chi connectivity index (χ1v) is 9.84. The van der Waals surface area contributed by atoms with Crippen molar-refractivity contribution < 1.29 is 4.79 Å². The van der Waals surface area contributed by atoms with Crippen LogP contribution in [0.25, 0.3) is 11.4 Å². The Balaban J connectivity index is 1.51. The number of amides is 1. The number of hydrogen-bond donors (Lipinski definition) is 1. The van der Waals surface area contributed by atoms with Crippen molar-refractivity contribution in [1.82, 2.24) is 24.8 Å². The average Bonchev–Trinajstić information content (AvgIpc) is 3.27. The van der Waals surface area contributed by atoms with Gasteiger partial charge in [-0.2, -0.15) is 0 Å². The molecule has 2 heterocycles. The summed E-state index contributed by atoms with van der Waals surface area (Å²) in [6.07, 6.45) is 9.86. The number of imidazole rings is 1. The maximum absolute atomic E-state index is 12.6. The molecule has 1 aliphatic carbocycles. The van der Waals surface area contributed by atoms with E-state index in [1.165, 1.54) is 18.4 Å². The summed E-state index contributed by atoms with van der Waals surface area (Å²) in [7, 11) is 0. The molecule has 4 rings (SSSR count). The van der Waals surface area contributed by atoms with Crippen LogP contribution in [0.3, 0.4) is 0 Å². The Kier molecular flexibility index (Phi) is 5.19. The molecule has 0 saturated heterocycles. The third-order valence-corrected chi connectivity index (χ3v) is 5.36. The fourth-order valence-electron chi connectivity index (χ4n) is 3.69. The van der Waals surface area contributed by atoms with Gasteiger partial charge in [0, 0.05) is 47.5 Å². The zero-order chi connectivity index (χ0) is 19.5. The molecule has 0 radical (unpaired) electrons. The minimum Gasteiger partial charge on any atom is -0.350 e. The summed E-state index contributed by atoms with van der Waals surface area (Å²) in [5, 5.41) is 3.00. The summed E-state index contributed by atoms with van der Waals surface area (Å²) >= 11 is 0. The molecule has 1 aromatic carbocycles. The van der Waals surface area contributed by atoms with Crippen LogP contribution in [0.4, 0.5) is 0 Å². The molecule has 6 nitrogen and oxygen atoms in total. The van der Waals surface area contributed by atoms with E-state index >= 15 is 0 Å². The fraction of sp³-hybridized carbons (Fsp3) is 0.364. The number of fused-ring (bicyclic) bond motifs is 1. The highest BCUT2D eigenvalue weighted by Gasteiger charge is 2.17. The van der Waals surface area contributed by atoms with Crippen LogP contribution in [0.2, 0.25) is 0 Å². The van der Waals surface area contributed by atoms with Gasteiger partial charge in [0.25, 0.3) is 5.91 Å². The second-order valence-corrected chi connectivity index (χ2v) is 7.41. The first-order chi connectivity index (χ1) is 13.6. The average molecular weight is 375 g/mol. The molecule has 1 aliphatic rings. The van der Waals surface area contributed by atoms with Gasteiger partial charge < -0.3 is 9.88 Å². The number of carbonyl (C=O) groups excluding carboxylic acids is 1. The lowest BCUT2D eigenvalue weighted by atomic mass is 9.94. The van der Waals surface area contributed by atoms with Gasteiger partial charge in [-0.3, -0.25) is 4.79 Å². The Labute approximate surface area is 165 Å². The largest absolute Gasteiger partial charge is 0.350 e. The van der Waals surface area contributed by atoms with Crippen LogP contribution >= 0.6 is 0 Å². The molecular formula is C22H25N5O. The molecule has 0 spiro atoms. The van der Waals surface area contributed by atoms with Gasteiger partial charge in [0.2, 0.25) is 0 Å². The Morgan fingerprint density at radius 1 is 1.25 bits per heavy atom. The van der Waals surface area contributed by atoms with Crippen LogP contribution in [-0.4, -0.2) is 32.0 Å². The van der Waals surface area contributed by atoms with Crippen molar-refractivity contribution in [3.63, 3.8) is 0 Å². The Morgan fingerprint density at radius 3 is 2.93 bits per heavy atom. The number of carbonyl (C=O) groups is 1. The summed E-state index contributed by atoms with van der Waals surface area (Å²) in [5.74, 6) is 0.614. The maximum Gasteiger partial charge on any atom is 0.251 e. The number of nitrogens with zero attached hydrogens (tertiary/aromatic N) is 4. The lowest BCUT2D eigenvalue weighted by Crippen LogP contribution is -2.29. The molecule has 3 aromatic rings. The normalized spacial score (nSPS) is 14.4. The summed E-state index contributed by atoms with van der Waals surface area (Å²) in [6, 6.07) is 7.70. The van der Waals surface area contributed by atoms with Crippen LogP contribution in [-0.2, 0) is 12.8 Å². The fourth-order valence-corrected chi connectivity index (χ4v) is 3.69. The molecule has 0 saturated carbocycles. The second-order valence-electron chi connectivity index (χ2n) is 7.41. The first kappa shape index (κ1) is 18.3. The SMILES string of the molecule is Cc1nc(-c2cccc(C(=O)NC[C@@H](C)n3ccnc3)c2)nc2c1CCCC2. The van der Waals surface area contributed by atoms with Crippen molar-refractivity contribution in [2.24, 2.45) is 0 Å². The molecule has 1 atom stereocenters. The molecule has 1 N–H and O–H groups in total. The topological polar surface area (TPSA) is 72.7 Å². The Bertz CT molecular complexity index is 981. The number of hydrogen-bond acceptors (Lipinski definition) is 4. The second kappa shape index (κ2) is 7.92. The van der Waals surface area contributed by atoms with E-state index in [2.05, 4.69) is 17.2 Å². The van der Waals surface area contributed by atoms with Gasteiger partial charge in [0.05, 0.1) is 6.33 Å².